The molecule has 672 valence electrons. The molecule has 20 aromatic rings. The van der Waals surface area contributed by atoms with Gasteiger partial charge in [-0.3, -0.25) is 0 Å². The lowest BCUT2D eigenvalue weighted by molar-refractivity contribution is 0.434. The number of rotatable bonds is 22. The summed E-state index contributed by atoms with van der Waals surface area (Å²) in [7, 11) is 0. The molecule has 0 fully saturated rings. The number of para-hydroxylation sites is 2. The van der Waals surface area contributed by atoms with Crippen molar-refractivity contribution in [1.29, 1.82) is 0 Å². The third kappa shape index (κ3) is 14.7. The van der Waals surface area contributed by atoms with E-state index in [1.54, 1.807) is 0 Å². The lowest BCUT2D eigenvalue weighted by Crippen LogP contribution is -2.34. The van der Waals surface area contributed by atoms with Crippen LogP contribution in [0.15, 0.2) is 474 Å². The van der Waals surface area contributed by atoms with Gasteiger partial charge in [0, 0.05) is 79.4 Å². The number of fused-ring (bicyclic) bond motifs is 8. The molecule has 0 N–H and O–H groups in total. The quantitative estimate of drug-likeness (QED) is 0.0629. The first-order valence-corrected chi connectivity index (χ1v) is 47.4. The summed E-state index contributed by atoms with van der Waals surface area (Å²) in [5.74, 6) is 0.113. The number of anilines is 12. The molecule has 20 aromatic carbocycles. The number of halogens is 4. The van der Waals surface area contributed by atoms with Crippen LogP contribution >= 0.6 is 0 Å². The van der Waals surface area contributed by atoms with Gasteiger partial charge in [0.05, 0.1) is 16.2 Å². The van der Waals surface area contributed by atoms with Crippen molar-refractivity contribution in [3.8, 4) is 56.0 Å². The van der Waals surface area contributed by atoms with Gasteiger partial charge in [-0.1, -0.05) is 291 Å². The maximum Gasteiger partial charge on any atom is 0.132 e. The molecule has 0 amide bonds. The Balaban J connectivity index is 0.565. The van der Waals surface area contributed by atoms with Crippen molar-refractivity contribution in [3.05, 3.63) is 598 Å². The van der Waals surface area contributed by atoms with Gasteiger partial charge in [0.15, 0.2) is 0 Å². The summed E-state index contributed by atoms with van der Waals surface area (Å²) in [5.41, 5.74) is 36.6. The Labute approximate surface area is 814 Å². The number of ether oxygens (including phenoxy) is 1. The first kappa shape index (κ1) is 86.7. The zero-order chi connectivity index (χ0) is 95.1. The molecule has 0 saturated carbocycles. The summed E-state index contributed by atoms with van der Waals surface area (Å²) < 4.78 is 67.5. The van der Waals surface area contributed by atoms with E-state index >= 15 is 17.6 Å². The highest BCUT2D eigenvalue weighted by atomic mass is 19.1. The Kier molecular flexibility index (Phi) is 21.9. The van der Waals surface area contributed by atoms with E-state index in [1.165, 1.54) is 104 Å². The molecule has 3 aliphatic rings. The first-order chi connectivity index (χ1) is 68.5. The van der Waals surface area contributed by atoms with Crippen molar-refractivity contribution in [3.63, 3.8) is 0 Å². The van der Waals surface area contributed by atoms with Crippen molar-refractivity contribution < 1.29 is 22.3 Å². The van der Waals surface area contributed by atoms with E-state index in [9.17, 15) is 0 Å². The molecule has 23 rings (SSSR count). The SMILES string of the molecule is C=Cc1ccc(C2(c3cc(C)ccc3C)c3ccccc3-c3ccc(N(c4ccc(F)cc4)c4ccc(-c5ccc(N(c6ccc(F)cc6)c6ccc(C7(c8ccc(N(c9ccc(F)cc9)c9ccc(-c%10ccc(N(c%11ccc(F)cc%11)c%11ccc%12c(c%11)C(c%11ccc(C=C)cc%11)(c%11cc(C)ccc%11C)c%11ccccc%11-%12)cc%10)cc9)cc8)c8ccccc8Oc8ccccc87)cc6)cc5)cc4)cc32)cc1. The largest absolute Gasteiger partial charge is 0.457 e. The highest BCUT2D eigenvalue weighted by Crippen LogP contribution is 2.62. The Bertz CT molecular complexity index is 7670. The van der Waals surface area contributed by atoms with Crippen LogP contribution in [0, 0.1) is 51.0 Å². The summed E-state index contributed by atoms with van der Waals surface area (Å²) in [6.45, 7) is 17.0. The number of nitrogens with zero attached hydrogens (tertiary/aromatic N) is 4. The molecule has 2 aliphatic carbocycles. The average molecular weight is 1820 g/mol. The maximum atomic E-state index is 15.2. The standard InChI is InChI=1S/C131H94F4N4O/c1-7-89-29-41-97(42-30-89)130(123-81-85(3)25-27-87(123)5)119-19-11-9-17-115(119)117-79-77-113(83-125(117)130)138(111-73-53-101(134)54-74-111)105-61-37-93(38-62-105)91-33-57-103(58-34-91)136(109-69-49-99(132)50-70-109)107-65-45-95(46-66-107)129(121-21-13-15-23-127(121)140-128-24-16-14-22-122(128)129)96-47-67-108(68-48-96)137(110-71-51-100(133)52-72-110)104-59-35-92(36-60-104)94-39-63-106(64-40-94)139(112-75-55-102(135)56-76-112)114-78-80-118-116-18-10-12-20-120(116)131(126(118)84-114,98-43-31-90(8-2)32-44-98)124-82-86(4)26-28-88(124)6/h7-84H,1-2H2,3-6H3. The van der Waals surface area contributed by atoms with Crippen LogP contribution in [0.4, 0.5) is 85.8 Å². The lowest BCUT2D eigenvalue weighted by atomic mass is 9.63. The van der Waals surface area contributed by atoms with E-state index in [4.69, 9.17) is 4.74 Å². The van der Waals surface area contributed by atoms with Gasteiger partial charge >= 0.3 is 0 Å². The van der Waals surface area contributed by atoms with E-state index in [0.29, 0.717) is 0 Å². The Morgan fingerprint density at radius 1 is 0.207 bits per heavy atom. The number of benzene rings is 20. The van der Waals surface area contributed by atoms with Gasteiger partial charge in [0.1, 0.15) is 34.8 Å². The van der Waals surface area contributed by atoms with Gasteiger partial charge in [-0.15, -0.1) is 0 Å². The Morgan fingerprint density at radius 2 is 0.443 bits per heavy atom. The highest BCUT2D eigenvalue weighted by molar-refractivity contribution is 5.94. The van der Waals surface area contributed by atoms with Gasteiger partial charge in [-0.25, -0.2) is 17.6 Å². The molecule has 5 nitrogen and oxygen atoms in total. The third-order valence-electron chi connectivity index (χ3n) is 28.8. The van der Waals surface area contributed by atoms with Crippen molar-refractivity contribution in [2.75, 3.05) is 19.6 Å². The number of hydrogen-bond donors (Lipinski definition) is 0. The molecule has 0 aromatic heterocycles. The second kappa shape index (κ2) is 35.4. The molecule has 1 aliphatic heterocycles. The van der Waals surface area contributed by atoms with Crippen molar-refractivity contribution in [1.82, 2.24) is 0 Å². The molecule has 140 heavy (non-hydrogen) atoms. The van der Waals surface area contributed by atoms with Crippen molar-refractivity contribution >= 4 is 80.4 Å². The highest BCUT2D eigenvalue weighted by Gasteiger charge is 2.51. The van der Waals surface area contributed by atoms with Crippen molar-refractivity contribution in [2.24, 2.45) is 0 Å². The van der Waals surface area contributed by atoms with E-state index in [1.807, 2.05) is 84.9 Å². The number of aryl methyl sites for hydroxylation is 4. The minimum atomic E-state index is -0.941. The van der Waals surface area contributed by atoms with E-state index in [-0.39, 0.29) is 23.3 Å². The summed E-state index contributed by atoms with van der Waals surface area (Å²) >= 11 is 0. The van der Waals surface area contributed by atoms with Crippen molar-refractivity contribution in [2.45, 2.75) is 43.9 Å². The van der Waals surface area contributed by atoms with Gasteiger partial charge < -0.3 is 24.3 Å². The molecule has 9 heteroatoms. The van der Waals surface area contributed by atoms with Crippen LogP contribution in [0.5, 0.6) is 11.5 Å². The van der Waals surface area contributed by atoms with E-state index in [0.717, 1.165) is 169 Å². The first-order valence-electron chi connectivity index (χ1n) is 47.4. The molecule has 0 spiro atoms. The summed E-state index contributed by atoms with van der Waals surface area (Å²) in [5, 5.41) is 0. The predicted octanol–water partition coefficient (Wildman–Crippen LogP) is 35.2. The zero-order valence-electron chi connectivity index (χ0n) is 77.7. The lowest BCUT2D eigenvalue weighted by Gasteiger charge is -2.42. The minimum absolute atomic E-state index is 0.321. The normalized spacial score (nSPS) is 14.4. The topological polar surface area (TPSA) is 22.2 Å². The van der Waals surface area contributed by atoms with Crippen LogP contribution in [0.2, 0.25) is 0 Å². The second-order valence-electron chi connectivity index (χ2n) is 36.7. The summed E-state index contributed by atoms with van der Waals surface area (Å²) in [6, 6.07) is 157. The molecule has 0 saturated heterocycles. The molecular weight excluding hydrogens is 1720 g/mol. The van der Waals surface area contributed by atoms with Crippen LogP contribution < -0.4 is 24.3 Å². The summed E-state index contributed by atoms with van der Waals surface area (Å²) in [4.78, 5) is 8.73. The fraction of sp³-hybridized carbons (Fsp3) is 0.0534. The van der Waals surface area contributed by atoms with Crippen LogP contribution in [0.3, 0.4) is 0 Å². The minimum Gasteiger partial charge on any atom is -0.457 e. The van der Waals surface area contributed by atoms with E-state index in [2.05, 4.69) is 400 Å². The van der Waals surface area contributed by atoms with Crippen LogP contribution in [-0.2, 0) is 16.2 Å². The average Bonchev–Trinajstić information content (AvgIpc) is 1.52. The molecule has 2 atom stereocenters. The second-order valence-corrected chi connectivity index (χ2v) is 36.7. The maximum absolute atomic E-state index is 15.2. The van der Waals surface area contributed by atoms with Crippen LogP contribution in [0.25, 0.3) is 56.7 Å². The Morgan fingerprint density at radius 3 is 0.743 bits per heavy atom. The molecule has 2 unspecified atom stereocenters. The van der Waals surface area contributed by atoms with E-state index < -0.39 is 16.2 Å². The molecule has 0 radical (unpaired) electrons. The van der Waals surface area contributed by atoms with Crippen LogP contribution in [-0.4, -0.2) is 0 Å². The third-order valence-corrected chi connectivity index (χ3v) is 28.8. The number of hydrogen-bond acceptors (Lipinski definition) is 5. The monoisotopic (exact) mass is 1810 g/mol. The molecule has 0 bridgehead atoms. The molecule has 1 heterocycles. The predicted molar refractivity (Wildman–Crippen MR) is 568 cm³/mol. The fourth-order valence-corrected chi connectivity index (χ4v) is 22.2. The van der Waals surface area contributed by atoms with Gasteiger partial charge in [-0.2, -0.15) is 0 Å². The summed E-state index contributed by atoms with van der Waals surface area (Å²) in [6.07, 6.45) is 3.77. The van der Waals surface area contributed by atoms with Crippen LogP contribution in [0.1, 0.15) is 100 Å². The fourth-order valence-electron chi connectivity index (χ4n) is 22.2. The Hall–Kier alpha value is -17.4. The smallest absolute Gasteiger partial charge is 0.132 e. The van der Waals surface area contributed by atoms with Gasteiger partial charge in [-0.05, 0) is 356 Å². The van der Waals surface area contributed by atoms with Gasteiger partial charge in [0.2, 0.25) is 0 Å². The van der Waals surface area contributed by atoms with Gasteiger partial charge in [0.25, 0.3) is 0 Å². The zero-order valence-corrected chi connectivity index (χ0v) is 77.7. The molecular formula is C131H94F4N4O.